The second-order valence-corrected chi connectivity index (χ2v) is 9.28. The van der Waals surface area contributed by atoms with Gasteiger partial charge < -0.3 is 10.6 Å². The van der Waals surface area contributed by atoms with Crippen molar-refractivity contribution in [1.29, 1.82) is 0 Å². The highest BCUT2D eigenvalue weighted by atomic mass is 79.9. The van der Waals surface area contributed by atoms with Crippen LogP contribution in [0.2, 0.25) is 0 Å². The number of hydrogen-bond donors (Lipinski definition) is 2. The average Bonchev–Trinajstić information content (AvgIpc) is 3.09. The number of halogens is 1. The van der Waals surface area contributed by atoms with E-state index in [0.29, 0.717) is 11.3 Å². The Bertz CT molecular complexity index is 973. The van der Waals surface area contributed by atoms with Gasteiger partial charge in [-0.15, -0.1) is 11.3 Å². The Hall–Kier alpha value is -1.90. The van der Waals surface area contributed by atoms with Gasteiger partial charge in [0.25, 0.3) is 5.91 Å². The molecule has 0 fully saturated rings. The molecule has 146 valence electrons. The molecule has 0 bridgehead atoms. The zero-order valence-corrected chi connectivity index (χ0v) is 18.5. The van der Waals surface area contributed by atoms with Crippen LogP contribution < -0.4 is 10.6 Å². The van der Waals surface area contributed by atoms with Gasteiger partial charge in [-0.05, 0) is 48.9 Å². The monoisotopic (exact) mass is 477 g/mol. The number of thiazole rings is 1. The first-order chi connectivity index (χ1) is 13.5. The zero-order chi connectivity index (χ0) is 19.9. The molecule has 0 spiro atoms. The smallest absolute Gasteiger partial charge is 0.255 e. The molecule has 1 heterocycles. The number of carbonyl (C=O) groups is 2. The van der Waals surface area contributed by atoms with Crippen LogP contribution in [0.5, 0.6) is 0 Å². The number of hydrogen-bond acceptors (Lipinski definition) is 5. The summed E-state index contributed by atoms with van der Waals surface area (Å²) in [6, 6.07) is 12.8. The standard InChI is InChI=1S/C20H20BrN3O2S2/c1-2-3-10-22-18(25)12-27-20-24-16-9-8-15(11-17(16)28-20)23-19(26)13-4-6-14(21)7-5-13/h4-9,11H,2-3,10,12H2,1H3,(H,22,25)(H,23,26). The summed E-state index contributed by atoms with van der Waals surface area (Å²) in [6.07, 6.45) is 2.05. The molecule has 3 aromatic rings. The number of benzene rings is 2. The van der Waals surface area contributed by atoms with Crippen LogP contribution in [0.15, 0.2) is 51.3 Å². The van der Waals surface area contributed by atoms with Crippen LogP contribution in [-0.4, -0.2) is 29.1 Å². The van der Waals surface area contributed by atoms with Gasteiger partial charge in [0, 0.05) is 22.3 Å². The van der Waals surface area contributed by atoms with Gasteiger partial charge in [0.05, 0.1) is 16.0 Å². The van der Waals surface area contributed by atoms with Crippen molar-refractivity contribution < 1.29 is 9.59 Å². The van der Waals surface area contributed by atoms with Gasteiger partial charge in [0.15, 0.2) is 4.34 Å². The number of anilines is 1. The minimum absolute atomic E-state index is 0.0279. The third-order valence-corrected chi connectivity index (χ3v) is 6.60. The van der Waals surface area contributed by atoms with Crippen molar-refractivity contribution in [3.8, 4) is 0 Å². The molecule has 0 aliphatic carbocycles. The molecule has 8 heteroatoms. The fraction of sp³-hybridized carbons (Fsp3) is 0.250. The molecule has 0 radical (unpaired) electrons. The van der Waals surface area contributed by atoms with Gasteiger partial charge in [-0.3, -0.25) is 9.59 Å². The van der Waals surface area contributed by atoms with E-state index in [-0.39, 0.29) is 11.8 Å². The molecule has 2 amide bonds. The molecule has 0 aliphatic rings. The highest BCUT2D eigenvalue weighted by Gasteiger charge is 2.10. The van der Waals surface area contributed by atoms with Crippen molar-refractivity contribution in [2.45, 2.75) is 24.1 Å². The van der Waals surface area contributed by atoms with Crippen LogP contribution in [0.4, 0.5) is 5.69 Å². The number of nitrogens with one attached hydrogen (secondary N) is 2. The number of unbranched alkanes of at least 4 members (excludes halogenated alkanes) is 1. The van der Waals surface area contributed by atoms with E-state index in [1.807, 2.05) is 30.3 Å². The maximum absolute atomic E-state index is 12.4. The summed E-state index contributed by atoms with van der Waals surface area (Å²) < 4.78 is 2.75. The van der Waals surface area contributed by atoms with Crippen LogP contribution >= 0.6 is 39.0 Å². The van der Waals surface area contributed by atoms with Crippen LogP contribution in [0.3, 0.4) is 0 Å². The zero-order valence-electron chi connectivity index (χ0n) is 15.3. The molecule has 2 N–H and O–H groups in total. The Labute approximate surface area is 180 Å². The second-order valence-electron chi connectivity index (χ2n) is 6.12. The van der Waals surface area contributed by atoms with Gasteiger partial charge in [0.2, 0.25) is 5.91 Å². The molecule has 3 rings (SSSR count). The van der Waals surface area contributed by atoms with E-state index in [4.69, 9.17) is 0 Å². The van der Waals surface area contributed by atoms with Crippen LogP contribution in [0.25, 0.3) is 10.2 Å². The molecular weight excluding hydrogens is 458 g/mol. The number of fused-ring (bicyclic) bond motifs is 1. The van der Waals surface area contributed by atoms with E-state index in [2.05, 4.69) is 38.5 Å². The third-order valence-electron chi connectivity index (χ3n) is 3.91. The Morgan fingerprint density at radius 2 is 1.96 bits per heavy atom. The quantitative estimate of drug-likeness (QED) is 0.340. The SMILES string of the molecule is CCCCNC(=O)CSc1nc2ccc(NC(=O)c3ccc(Br)cc3)cc2s1. The lowest BCUT2D eigenvalue weighted by Gasteiger charge is -2.05. The summed E-state index contributed by atoms with van der Waals surface area (Å²) in [5.41, 5.74) is 2.18. The minimum atomic E-state index is -0.158. The van der Waals surface area contributed by atoms with Crippen molar-refractivity contribution in [3.05, 3.63) is 52.5 Å². The third kappa shape index (κ3) is 5.80. The van der Waals surface area contributed by atoms with Gasteiger partial charge >= 0.3 is 0 Å². The second kappa shape index (κ2) is 10.0. The van der Waals surface area contributed by atoms with Crippen LogP contribution in [0.1, 0.15) is 30.1 Å². The minimum Gasteiger partial charge on any atom is -0.355 e. The van der Waals surface area contributed by atoms with E-state index in [1.54, 1.807) is 12.1 Å². The molecular formula is C20H20BrN3O2S2. The first-order valence-electron chi connectivity index (χ1n) is 8.92. The molecule has 5 nitrogen and oxygen atoms in total. The molecule has 2 aromatic carbocycles. The molecule has 0 unspecified atom stereocenters. The first kappa shape index (κ1) is 20.8. The van der Waals surface area contributed by atoms with Crippen LogP contribution in [-0.2, 0) is 4.79 Å². The predicted molar refractivity (Wildman–Crippen MR) is 120 cm³/mol. The van der Waals surface area contributed by atoms with E-state index in [9.17, 15) is 9.59 Å². The average molecular weight is 478 g/mol. The number of carbonyl (C=O) groups excluding carboxylic acids is 2. The highest BCUT2D eigenvalue weighted by molar-refractivity contribution is 9.10. The van der Waals surface area contributed by atoms with Crippen molar-refractivity contribution in [2.24, 2.45) is 0 Å². The topological polar surface area (TPSA) is 71.1 Å². The highest BCUT2D eigenvalue weighted by Crippen LogP contribution is 2.31. The summed E-state index contributed by atoms with van der Waals surface area (Å²) in [5.74, 6) is 0.228. The normalized spacial score (nSPS) is 10.8. The fourth-order valence-corrected chi connectivity index (χ4v) is 4.63. The maximum Gasteiger partial charge on any atom is 0.255 e. The van der Waals surface area contributed by atoms with E-state index in [1.165, 1.54) is 23.1 Å². The van der Waals surface area contributed by atoms with Crippen molar-refractivity contribution in [3.63, 3.8) is 0 Å². The fourth-order valence-electron chi connectivity index (χ4n) is 2.43. The summed E-state index contributed by atoms with van der Waals surface area (Å²) in [7, 11) is 0. The number of thioether (sulfide) groups is 1. The Balaban J connectivity index is 1.61. The number of aromatic nitrogens is 1. The van der Waals surface area contributed by atoms with E-state index < -0.39 is 0 Å². The molecule has 0 atom stereocenters. The lowest BCUT2D eigenvalue weighted by Crippen LogP contribution is -2.25. The summed E-state index contributed by atoms with van der Waals surface area (Å²) in [4.78, 5) is 28.7. The lowest BCUT2D eigenvalue weighted by molar-refractivity contribution is -0.118. The van der Waals surface area contributed by atoms with Gasteiger partial charge in [-0.2, -0.15) is 0 Å². The van der Waals surface area contributed by atoms with E-state index in [0.717, 1.165) is 44.1 Å². The number of nitrogens with zero attached hydrogens (tertiary/aromatic N) is 1. The Morgan fingerprint density at radius 1 is 1.18 bits per heavy atom. The van der Waals surface area contributed by atoms with E-state index >= 15 is 0 Å². The van der Waals surface area contributed by atoms with Gasteiger partial charge in [-0.25, -0.2) is 4.98 Å². The van der Waals surface area contributed by atoms with Crippen molar-refractivity contribution >= 4 is 66.7 Å². The first-order valence-corrected chi connectivity index (χ1v) is 11.5. The molecule has 28 heavy (non-hydrogen) atoms. The Morgan fingerprint density at radius 3 is 2.71 bits per heavy atom. The molecule has 1 aromatic heterocycles. The van der Waals surface area contributed by atoms with Gasteiger partial charge in [-0.1, -0.05) is 41.0 Å². The van der Waals surface area contributed by atoms with Crippen LogP contribution in [0, 0.1) is 0 Å². The summed E-state index contributed by atoms with van der Waals surface area (Å²) in [6.45, 7) is 2.81. The Kier molecular flexibility index (Phi) is 7.47. The van der Waals surface area contributed by atoms with Crippen molar-refractivity contribution in [2.75, 3.05) is 17.6 Å². The van der Waals surface area contributed by atoms with Crippen molar-refractivity contribution in [1.82, 2.24) is 10.3 Å². The number of rotatable bonds is 8. The molecule has 0 saturated carbocycles. The molecule has 0 saturated heterocycles. The number of amides is 2. The maximum atomic E-state index is 12.4. The summed E-state index contributed by atoms with van der Waals surface area (Å²) in [5, 5.41) is 5.82. The lowest BCUT2D eigenvalue weighted by atomic mass is 10.2. The molecule has 0 aliphatic heterocycles. The summed E-state index contributed by atoms with van der Waals surface area (Å²) >= 11 is 6.32. The predicted octanol–water partition coefficient (Wildman–Crippen LogP) is 5.32. The largest absolute Gasteiger partial charge is 0.355 e. The van der Waals surface area contributed by atoms with Gasteiger partial charge in [0.1, 0.15) is 0 Å².